The number of ether oxygens (including phenoxy) is 1. The van der Waals surface area contributed by atoms with E-state index in [0.717, 1.165) is 0 Å². The molecule has 3 N–H and O–H groups in total. The molecule has 2 rings (SSSR count). The SMILES string of the molecule is CCOC(=O)[C@H](C)N(C(=O)c1ccc(N)cc1C(=O)O)c1ccccc1. The van der Waals surface area contributed by atoms with Crippen LogP contribution in [0.15, 0.2) is 48.5 Å². The van der Waals surface area contributed by atoms with E-state index in [9.17, 15) is 19.5 Å². The minimum absolute atomic E-state index is 0.0632. The smallest absolute Gasteiger partial charge is 0.336 e. The summed E-state index contributed by atoms with van der Waals surface area (Å²) in [6.45, 7) is 3.37. The van der Waals surface area contributed by atoms with E-state index in [1.807, 2.05) is 0 Å². The lowest BCUT2D eigenvalue weighted by atomic mass is 10.0. The third-order valence-corrected chi connectivity index (χ3v) is 3.77. The Morgan fingerprint density at radius 2 is 1.77 bits per heavy atom. The molecule has 0 aliphatic carbocycles. The van der Waals surface area contributed by atoms with Crippen LogP contribution in [0, 0.1) is 0 Å². The third-order valence-electron chi connectivity index (χ3n) is 3.77. The molecule has 0 aliphatic rings. The van der Waals surface area contributed by atoms with Crippen LogP contribution >= 0.6 is 0 Å². The number of anilines is 2. The molecular formula is C19H20N2O5. The number of carboxylic acids is 1. The second-order valence-corrected chi connectivity index (χ2v) is 5.55. The molecule has 0 radical (unpaired) electrons. The number of carbonyl (C=O) groups excluding carboxylic acids is 2. The van der Waals surface area contributed by atoms with Gasteiger partial charge in [0.15, 0.2) is 0 Å². The van der Waals surface area contributed by atoms with Gasteiger partial charge in [0.25, 0.3) is 5.91 Å². The van der Waals surface area contributed by atoms with Gasteiger partial charge in [-0.3, -0.25) is 9.69 Å². The first-order valence-corrected chi connectivity index (χ1v) is 8.04. The summed E-state index contributed by atoms with van der Waals surface area (Å²) in [5.41, 5.74) is 6.02. The maximum absolute atomic E-state index is 13.1. The minimum Gasteiger partial charge on any atom is -0.478 e. The van der Waals surface area contributed by atoms with Gasteiger partial charge >= 0.3 is 11.9 Å². The molecule has 0 bridgehead atoms. The number of hydrogen-bond donors (Lipinski definition) is 2. The number of carboxylic acid groups (broad SMARTS) is 1. The fraction of sp³-hybridized carbons (Fsp3) is 0.211. The molecule has 0 aliphatic heterocycles. The Bertz CT molecular complexity index is 820. The standard InChI is InChI=1S/C19H20N2O5/c1-3-26-19(25)12(2)21(14-7-5-4-6-8-14)17(22)15-10-9-13(20)11-16(15)18(23)24/h4-12H,3,20H2,1-2H3,(H,23,24)/t12-/m0/s1. The molecule has 0 aromatic heterocycles. The zero-order chi connectivity index (χ0) is 19.3. The van der Waals surface area contributed by atoms with Crippen LogP contribution in [0.5, 0.6) is 0 Å². The summed E-state index contributed by atoms with van der Waals surface area (Å²) in [5.74, 6) is -2.50. The number of nitrogens with zero attached hydrogens (tertiary/aromatic N) is 1. The molecule has 1 amide bonds. The highest BCUT2D eigenvalue weighted by Crippen LogP contribution is 2.23. The molecule has 2 aromatic carbocycles. The quantitative estimate of drug-likeness (QED) is 0.608. The Labute approximate surface area is 151 Å². The van der Waals surface area contributed by atoms with Gasteiger partial charge in [-0.25, -0.2) is 9.59 Å². The first kappa shape index (κ1) is 19.0. The van der Waals surface area contributed by atoms with E-state index >= 15 is 0 Å². The molecule has 26 heavy (non-hydrogen) atoms. The van der Waals surface area contributed by atoms with Crippen molar-refractivity contribution in [3.63, 3.8) is 0 Å². The summed E-state index contributed by atoms with van der Waals surface area (Å²) in [7, 11) is 0. The summed E-state index contributed by atoms with van der Waals surface area (Å²) in [4.78, 5) is 38.1. The van der Waals surface area contributed by atoms with Crippen LogP contribution in [0.2, 0.25) is 0 Å². The number of esters is 1. The van der Waals surface area contributed by atoms with Gasteiger partial charge < -0.3 is 15.6 Å². The number of amides is 1. The highest BCUT2D eigenvalue weighted by atomic mass is 16.5. The number of aromatic carboxylic acids is 1. The normalized spacial score (nSPS) is 11.5. The number of nitrogen functional groups attached to an aromatic ring is 1. The Morgan fingerprint density at radius 3 is 2.35 bits per heavy atom. The van der Waals surface area contributed by atoms with Crippen LogP contribution in [-0.4, -0.2) is 35.6 Å². The number of carbonyl (C=O) groups is 3. The van der Waals surface area contributed by atoms with Crippen molar-refractivity contribution in [3.8, 4) is 0 Å². The van der Waals surface area contributed by atoms with E-state index < -0.39 is 23.9 Å². The molecule has 0 heterocycles. The van der Waals surface area contributed by atoms with Crippen molar-refractivity contribution in [2.45, 2.75) is 19.9 Å². The Morgan fingerprint density at radius 1 is 1.12 bits per heavy atom. The van der Waals surface area contributed by atoms with Crippen LogP contribution in [0.1, 0.15) is 34.6 Å². The molecule has 0 saturated heterocycles. The second-order valence-electron chi connectivity index (χ2n) is 5.55. The number of rotatable bonds is 6. The van der Waals surface area contributed by atoms with Crippen LogP contribution in [0.3, 0.4) is 0 Å². The number of nitrogens with two attached hydrogens (primary N) is 1. The maximum atomic E-state index is 13.1. The first-order chi connectivity index (χ1) is 12.4. The molecule has 0 saturated carbocycles. The average molecular weight is 356 g/mol. The predicted molar refractivity (Wildman–Crippen MR) is 97.2 cm³/mol. The van der Waals surface area contributed by atoms with Gasteiger partial charge in [-0.2, -0.15) is 0 Å². The topological polar surface area (TPSA) is 110 Å². The first-order valence-electron chi connectivity index (χ1n) is 8.04. The van der Waals surface area contributed by atoms with E-state index in [-0.39, 0.29) is 23.4 Å². The molecule has 7 nitrogen and oxygen atoms in total. The van der Waals surface area contributed by atoms with Crippen molar-refractivity contribution < 1.29 is 24.2 Å². The summed E-state index contributed by atoms with van der Waals surface area (Å²) >= 11 is 0. The van der Waals surface area contributed by atoms with E-state index in [2.05, 4.69) is 0 Å². The van der Waals surface area contributed by atoms with Gasteiger partial charge in [-0.05, 0) is 44.2 Å². The number of hydrogen-bond acceptors (Lipinski definition) is 5. The molecule has 1 atom stereocenters. The Kier molecular flexibility index (Phi) is 5.95. The zero-order valence-corrected chi connectivity index (χ0v) is 14.5. The average Bonchev–Trinajstić information content (AvgIpc) is 2.62. The second kappa shape index (κ2) is 8.15. The summed E-state index contributed by atoms with van der Waals surface area (Å²) in [6.07, 6.45) is 0. The predicted octanol–water partition coefficient (Wildman–Crippen LogP) is 2.57. The molecule has 0 unspecified atom stereocenters. The summed E-state index contributed by atoms with van der Waals surface area (Å²) < 4.78 is 5.02. The molecule has 136 valence electrons. The van der Waals surface area contributed by atoms with Gasteiger partial charge in [-0.1, -0.05) is 18.2 Å². The molecule has 0 spiro atoms. The maximum Gasteiger partial charge on any atom is 0.336 e. The monoisotopic (exact) mass is 356 g/mol. The lowest BCUT2D eigenvalue weighted by Gasteiger charge is -2.28. The fourth-order valence-electron chi connectivity index (χ4n) is 2.53. The molecule has 0 fully saturated rings. The van der Waals surface area contributed by atoms with Crippen molar-refractivity contribution in [1.29, 1.82) is 0 Å². The van der Waals surface area contributed by atoms with Crippen LogP contribution < -0.4 is 10.6 Å². The van der Waals surface area contributed by atoms with Crippen LogP contribution in [0.25, 0.3) is 0 Å². The van der Waals surface area contributed by atoms with Gasteiger partial charge in [0.2, 0.25) is 0 Å². The third kappa shape index (κ3) is 4.00. The Balaban J connectivity index is 2.54. The highest BCUT2D eigenvalue weighted by molar-refractivity contribution is 6.14. The van der Waals surface area contributed by atoms with E-state index in [1.54, 1.807) is 37.3 Å². The van der Waals surface area contributed by atoms with Crippen LogP contribution in [0.4, 0.5) is 11.4 Å². The van der Waals surface area contributed by atoms with Crippen molar-refractivity contribution in [1.82, 2.24) is 0 Å². The molecule has 2 aromatic rings. The van der Waals surface area contributed by atoms with E-state index in [0.29, 0.717) is 5.69 Å². The van der Waals surface area contributed by atoms with Gasteiger partial charge in [0, 0.05) is 11.4 Å². The minimum atomic E-state index is -1.28. The zero-order valence-electron chi connectivity index (χ0n) is 14.5. The van der Waals surface area contributed by atoms with Crippen molar-refractivity contribution in [2.24, 2.45) is 0 Å². The number of para-hydroxylation sites is 1. The lowest BCUT2D eigenvalue weighted by Crippen LogP contribution is -2.44. The largest absolute Gasteiger partial charge is 0.478 e. The molecule has 7 heteroatoms. The van der Waals surface area contributed by atoms with Gasteiger partial charge in [-0.15, -0.1) is 0 Å². The fourth-order valence-corrected chi connectivity index (χ4v) is 2.53. The van der Waals surface area contributed by atoms with E-state index in [1.165, 1.54) is 30.0 Å². The van der Waals surface area contributed by atoms with Crippen molar-refractivity contribution in [2.75, 3.05) is 17.2 Å². The van der Waals surface area contributed by atoms with Crippen molar-refractivity contribution in [3.05, 3.63) is 59.7 Å². The highest BCUT2D eigenvalue weighted by Gasteiger charge is 2.31. The molecular weight excluding hydrogens is 336 g/mol. The van der Waals surface area contributed by atoms with Gasteiger partial charge in [0.1, 0.15) is 6.04 Å². The summed E-state index contributed by atoms with van der Waals surface area (Å²) in [5, 5.41) is 9.41. The van der Waals surface area contributed by atoms with Crippen LogP contribution in [-0.2, 0) is 9.53 Å². The van der Waals surface area contributed by atoms with Crippen molar-refractivity contribution >= 4 is 29.2 Å². The van der Waals surface area contributed by atoms with E-state index in [4.69, 9.17) is 10.5 Å². The Hall–Kier alpha value is -3.35. The number of benzene rings is 2. The van der Waals surface area contributed by atoms with Gasteiger partial charge in [0.05, 0.1) is 17.7 Å². The summed E-state index contributed by atoms with van der Waals surface area (Å²) in [6, 6.07) is 11.6. The lowest BCUT2D eigenvalue weighted by molar-refractivity contribution is -0.144.